The third kappa shape index (κ3) is 6.05. The largest absolute Gasteiger partial charge is 0.382 e. The summed E-state index contributed by atoms with van der Waals surface area (Å²) in [6.07, 6.45) is 1.32. The molecular weight excluding hydrogens is 128 g/mol. The zero-order valence-corrected chi connectivity index (χ0v) is 7.09. The first-order valence-corrected chi connectivity index (χ1v) is 3.64. The summed E-state index contributed by atoms with van der Waals surface area (Å²) in [6, 6.07) is 0. The maximum absolute atomic E-state index is 5.22. The third-order valence-electron chi connectivity index (χ3n) is 1.33. The molecule has 0 aromatic rings. The highest BCUT2D eigenvalue weighted by molar-refractivity contribution is 4.52. The molecule has 0 fully saturated rings. The van der Waals surface area contributed by atoms with Crippen molar-refractivity contribution in [2.75, 3.05) is 13.7 Å². The molecule has 0 rings (SSSR count). The molecule has 0 saturated carbocycles. The second kappa shape index (κ2) is 5.69. The highest BCUT2D eigenvalue weighted by Gasteiger charge is 1.99. The molecule has 0 saturated heterocycles. The van der Waals surface area contributed by atoms with Crippen molar-refractivity contribution in [2.45, 2.75) is 32.5 Å². The van der Waals surface area contributed by atoms with Crippen molar-refractivity contribution >= 4 is 0 Å². The molecule has 0 aliphatic carbocycles. The van der Waals surface area contributed by atoms with E-state index in [4.69, 9.17) is 9.47 Å². The quantitative estimate of drug-likeness (QED) is 0.585. The summed E-state index contributed by atoms with van der Waals surface area (Å²) in [5.41, 5.74) is 0. The highest BCUT2D eigenvalue weighted by Crippen LogP contribution is 1.97. The summed E-state index contributed by atoms with van der Waals surface area (Å²) in [6.45, 7) is 8.39. The molecule has 2 atom stereocenters. The molecule has 2 unspecified atom stereocenters. The number of ether oxygens (including phenoxy) is 2. The standard InChI is InChI=1S/C8H17O2/c1-7(2)10-6-5-8(3)9-4/h7-8H,1,5-6H2,2-4H3. The van der Waals surface area contributed by atoms with Crippen molar-refractivity contribution in [3.05, 3.63) is 6.92 Å². The molecule has 0 heterocycles. The van der Waals surface area contributed by atoms with Crippen molar-refractivity contribution in [3.63, 3.8) is 0 Å². The van der Waals surface area contributed by atoms with E-state index in [-0.39, 0.29) is 6.10 Å². The Morgan fingerprint density at radius 2 is 2.00 bits per heavy atom. The Bertz CT molecular complexity index is 71.7. The van der Waals surface area contributed by atoms with Crippen LogP contribution in [0.15, 0.2) is 0 Å². The van der Waals surface area contributed by atoms with E-state index in [2.05, 4.69) is 6.92 Å². The van der Waals surface area contributed by atoms with E-state index in [1.165, 1.54) is 0 Å². The monoisotopic (exact) mass is 145 g/mol. The van der Waals surface area contributed by atoms with Crippen LogP contribution in [0.3, 0.4) is 0 Å². The van der Waals surface area contributed by atoms with Crippen molar-refractivity contribution < 1.29 is 9.47 Å². The second-order valence-electron chi connectivity index (χ2n) is 2.52. The van der Waals surface area contributed by atoms with Gasteiger partial charge in [0.05, 0.1) is 12.2 Å². The fourth-order valence-electron chi connectivity index (χ4n) is 0.553. The SMILES string of the molecule is [CH2]C(C)OCCC(C)OC. The van der Waals surface area contributed by atoms with Gasteiger partial charge in [-0.05, 0) is 27.2 Å². The van der Waals surface area contributed by atoms with E-state index in [1.54, 1.807) is 7.11 Å². The van der Waals surface area contributed by atoms with Gasteiger partial charge >= 0.3 is 0 Å². The van der Waals surface area contributed by atoms with E-state index in [0.717, 1.165) is 13.0 Å². The normalized spacial score (nSPS) is 14.1. The molecule has 0 aliphatic heterocycles. The first kappa shape index (κ1) is 9.92. The molecule has 0 aliphatic rings. The number of rotatable bonds is 5. The van der Waals surface area contributed by atoms with Crippen LogP contribution in [0.25, 0.3) is 0 Å². The first-order chi connectivity index (χ1) is 4.66. The van der Waals surface area contributed by atoms with Crippen LogP contribution in [-0.4, -0.2) is 25.9 Å². The first-order valence-electron chi connectivity index (χ1n) is 3.64. The van der Waals surface area contributed by atoms with Gasteiger partial charge in [-0.2, -0.15) is 0 Å². The van der Waals surface area contributed by atoms with E-state index >= 15 is 0 Å². The fraction of sp³-hybridized carbons (Fsp3) is 0.875. The molecule has 0 amide bonds. The summed E-state index contributed by atoms with van der Waals surface area (Å²) >= 11 is 0. The predicted molar refractivity (Wildman–Crippen MR) is 41.9 cm³/mol. The van der Waals surface area contributed by atoms with Gasteiger partial charge in [-0.3, -0.25) is 0 Å². The Hall–Kier alpha value is -0.0800. The molecule has 0 aromatic carbocycles. The molecule has 0 bridgehead atoms. The lowest BCUT2D eigenvalue weighted by atomic mass is 10.3. The molecule has 61 valence electrons. The van der Waals surface area contributed by atoms with Gasteiger partial charge in [0.1, 0.15) is 0 Å². The van der Waals surface area contributed by atoms with Crippen LogP contribution in [-0.2, 0) is 9.47 Å². The molecule has 2 nitrogen and oxygen atoms in total. The van der Waals surface area contributed by atoms with E-state index in [9.17, 15) is 0 Å². The molecule has 0 spiro atoms. The van der Waals surface area contributed by atoms with Gasteiger partial charge in [-0.25, -0.2) is 0 Å². The number of hydrogen-bond donors (Lipinski definition) is 0. The zero-order valence-electron chi connectivity index (χ0n) is 7.09. The number of hydrogen-bond acceptors (Lipinski definition) is 2. The summed E-state index contributed by atoms with van der Waals surface area (Å²) < 4.78 is 10.3. The van der Waals surface area contributed by atoms with Crippen LogP contribution in [0.1, 0.15) is 20.3 Å². The Morgan fingerprint density at radius 1 is 1.40 bits per heavy atom. The van der Waals surface area contributed by atoms with Gasteiger partial charge in [-0.15, -0.1) is 0 Å². The minimum Gasteiger partial charge on any atom is -0.382 e. The average Bonchev–Trinajstić information content (AvgIpc) is 1.87. The van der Waals surface area contributed by atoms with Crippen LogP contribution >= 0.6 is 0 Å². The summed E-state index contributed by atoms with van der Waals surface area (Å²) in [7, 11) is 1.71. The lowest BCUT2D eigenvalue weighted by Crippen LogP contribution is -2.12. The molecular formula is C8H17O2. The van der Waals surface area contributed by atoms with Crippen molar-refractivity contribution in [2.24, 2.45) is 0 Å². The number of methoxy groups -OCH3 is 1. The predicted octanol–water partition coefficient (Wildman–Crippen LogP) is 1.65. The van der Waals surface area contributed by atoms with E-state index < -0.39 is 0 Å². The lowest BCUT2D eigenvalue weighted by molar-refractivity contribution is 0.0447. The fourth-order valence-corrected chi connectivity index (χ4v) is 0.553. The Morgan fingerprint density at radius 3 is 2.40 bits per heavy atom. The summed E-state index contributed by atoms with van der Waals surface area (Å²) in [5, 5.41) is 0. The van der Waals surface area contributed by atoms with Gasteiger partial charge in [0.2, 0.25) is 0 Å². The summed E-state index contributed by atoms with van der Waals surface area (Å²) in [4.78, 5) is 0. The highest BCUT2D eigenvalue weighted by atomic mass is 16.5. The smallest absolute Gasteiger partial charge is 0.0565 e. The van der Waals surface area contributed by atoms with Crippen LogP contribution in [0.5, 0.6) is 0 Å². The topological polar surface area (TPSA) is 18.5 Å². The molecule has 1 radical (unpaired) electrons. The molecule has 10 heavy (non-hydrogen) atoms. The average molecular weight is 145 g/mol. The Labute approximate surface area is 63.5 Å². The minimum absolute atomic E-state index is 0.0871. The van der Waals surface area contributed by atoms with Gasteiger partial charge < -0.3 is 9.47 Å². The zero-order chi connectivity index (χ0) is 7.98. The van der Waals surface area contributed by atoms with Crippen LogP contribution in [0.2, 0.25) is 0 Å². The molecule has 2 heteroatoms. The van der Waals surface area contributed by atoms with Crippen LogP contribution < -0.4 is 0 Å². The second-order valence-corrected chi connectivity index (χ2v) is 2.52. The van der Waals surface area contributed by atoms with E-state index in [1.807, 2.05) is 13.8 Å². The third-order valence-corrected chi connectivity index (χ3v) is 1.33. The van der Waals surface area contributed by atoms with Crippen molar-refractivity contribution in [3.8, 4) is 0 Å². The Balaban J connectivity index is 3.03. The lowest BCUT2D eigenvalue weighted by Gasteiger charge is -2.10. The van der Waals surface area contributed by atoms with Crippen LogP contribution in [0.4, 0.5) is 0 Å². The van der Waals surface area contributed by atoms with Gasteiger partial charge in [0.15, 0.2) is 0 Å². The van der Waals surface area contributed by atoms with Crippen LogP contribution in [0, 0.1) is 6.92 Å². The molecule has 0 N–H and O–H groups in total. The van der Waals surface area contributed by atoms with Crippen molar-refractivity contribution in [1.29, 1.82) is 0 Å². The maximum atomic E-state index is 5.22. The molecule has 0 aromatic heterocycles. The van der Waals surface area contributed by atoms with Gasteiger partial charge in [0.25, 0.3) is 0 Å². The Kier molecular flexibility index (Phi) is 5.64. The van der Waals surface area contributed by atoms with E-state index in [0.29, 0.717) is 6.10 Å². The van der Waals surface area contributed by atoms with Gasteiger partial charge in [0, 0.05) is 13.7 Å². The minimum atomic E-state index is 0.0871. The maximum Gasteiger partial charge on any atom is 0.0565 e. The van der Waals surface area contributed by atoms with Crippen molar-refractivity contribution in [1.82, 2.24) is 0 Å². The van der Waals surface area contributed by atoms with Gasteiger partial charge in [-0.1, -0.05) is 0 Å². The summed E-state index contributed by atoms with van der Waals surface area (Å²) in [5.74, 6) is 0.